The lowest BCUT2D eigenvalue weighted by molar-refractivity contribution is 0.100. The number of aromatic nitrogens is 2. The number of hydrogen-bond acceptors (Lipinski definition) is 6. The Kier molecular flexibility index (Phi) is 8.19. The summed E-state index contributed by atoms with van der Waals surface area (Å²) < 4.78 is 6.24. The van der Waals surface area contributed by atoms with E-state index in [0.29, 0.717) is 23.4 Å². The molecule has 9 heteroatoms. The molecule has 1 fully saturated rings. The molecule has 0 unspecified atom stereocenters. The predicted octanol–water partition coefficient (Wildman–Crippen LogP) is 7.41. The smallest absolute Gasteiger partial charge is 0.250 e. The van der Waals surface area contributed by atoms with Crippen LogP contribution in [0.15, 0.2) is 66.4 Å². The quantitative estimate of drug-likeness (QED) is 0.229. The van der Waals surface area contributed by atoms with E-state index in [9.17, 15) is 4.79 Å². The van der Waals surface area contributed by atoms with Crippen molar-refractivity contribution in [3.05, 3.63) is 82.5 Å². The number of pyridine rings is 1. The van der Waals surface area contributed by atoms with Gasteiger partial charge in [0.15, 0.2) is 0 Å². The third-order valence-corrected chi connectivity index (χ3v) is 10.2. The molecule has 2 aromatic heterocycles. The van der Waals surface area contributed by atoms with E-state index >= 15 is 0 Å². The zero-order valence-corrected chi connectivity index (χ0v) is 27.7. The van der Waals surface area contributed by atoms with Crippen molar-refractivity contribution in [3.63, 3.8) is 0 Å². The molecule has 4 heterocycles. The van der Waals surface area contributed by atoms with Gasteiger partial charge in [0.25, 0.3) is 5.91 Å². The second-order valence-electron chi connectivity index (χ2n) is 13.9. The minimum absolute atomic E-state index is 0.0116. The zero-order chi connectivity index (χ0) is 32.0. The molecule has 7 rings (SSSR count). The lowest BCUT2D eigenvalue weighted by Gasteiger charge is -2.39. The van der Waals surface area contributed by atoms with Gasteiger partial charge in [0.2, 0.25) is 5.88 Å². The molecule has 1 aliphatic carbocycles. The number of fused-ring (bicyclic) bond motifs is 2. The van der Waals surface area contributed by atoms with Gasteiger partial charge in [-0.05, 0) is 85.2 Å². The van der Waals surface area contributed by atoms with E-state index in [1.165, 1.54) is 17.6 Å². The number of H-pyrrole nitrogens is 1. The van der Waals surface area contributed by atoms with Crippen molar-refractivity contribution in [2.45, 2.75) is 52.6 Å². The van der Waals surface area contributed by atoms with Gasteiger partial charge in [-0.1, -0.05) is 43.2 Å². The Morgan fingerprint density at radius 1 is 1.04 bits per heavy atom. The molecule has 2 aliphatic heterocycles. The Balaban J connectivity index is 1.13. The summed E-state index contributed by atoms with van der Waals surface area (Å²) in [5.74, 6) is 0.120. The normalized spacial score (nSPS) is 20.4. The van der Waals surface area contributed by atoms with E-state index < -0.39 is 5.91 Å². The summed E-state index contributed by atoms with van der Waals surface area (Å²) in [5, 5.41) is 1.77. The standard InChI is InChI=1S/C37H43ClN6O2/c1-24-12-15-44(33-20-26-11-14-40-35(26)41-36(33)46-24)32-21-29(8-9-30(32)34(39)45)43-18-16-42(17-19-43)23-27-10-13-37(2,3)22-31(27)25-4-6-28(38)7-5-25/h4-9,11,14,20-21,24H,10,12-13,15-19,22-23H2,1-3H3,(H2,39,45)(H,40,41)/t24-/m1/s1. The van der Waals surface area contributed by atoms with Crippen LogP contribution in [-0.4, -0.2) is 66.1 Å². The van der Waals surface area contributed by atoms with Gasteiger partial charge >= 0.3 is 0 Å². The first-order valence-electron chi connectivity index (χ1n) is 16.4. The summed E-state index contributed by atoms with van der Waals surface area (Å²) >= 11 is 6.23. The Morgan fingerprint density at radius 2 is 1.83 bits per heavy atom. The molecular weight excluding hydrogens is 596 g/mol. The van der Waals surface area contributed by atoms with Crippen molar-refractivity contribution in [3.8, 4) is 5.88 Å². The first kappa shape index (κ1) is 30.6. The van der Waals surface area contributed by atoms with Crippen LogP contribution in [0.1, 0.15) is 62.4 Å². The van der Waals surface area contributed by atoms with Gasteiger partial charge in [-0.25, -0.2) is 0 Å². The van der Waals surface area contributed by atoms with Crippen LogP contribution in [0.5, 0.6) is 5.88 Å². The number of halogens is 1. The Morgan fingerprint density at radius 3 is 2.59 bits per heavy atom. The number of benzene rings is 2. The van der Waals surface area contributed by atoms with E-state index in [4.69, 9.17) is 27.1 Å². The van der Waals surface area contributed by atoms with Gasteiger partial charge in [0, 0.05) is 68.0 Å². The van der Waals surface area contributed by atoms with Crippen LogP contribution in [0.3, 0.4) is 0 Å². The second-order valence-corrected chi connectivity index (χ2v) is 14.3. The van der Waals surface area contributed by atoms with Crippen LogP contribution in [0, 0.1) is 5.41 Å². The largest absolute Gasteiger partial charge is 0.473 e. The number of anilines is 3. The number of primary amides is 1. The number of carbonyl (C=O) groups is 1. The van der Waals surface area contributed by atoms with Crippen molar-refractivity contribution < 1.29 is 9.53 Å². The highest BCUT2D eigenvalue weighted by Gasteiger charge is 2.30. The Hall–Kier alpha value is -4.01. The van der Waals surface area contributed by atoms with Crippen molar-refractivity contribution in [2.24, 2.45) is 11.1 Å². The highest BCUT2D eigenvalue weighted by Crippen LogP contribution is 2.44. The third kappa shape index (κ3) is 6.20. The van der Waals surface area contributed by atoms with E-state index in [1.54, 1.807) is 5.57 Å². The van der Waals surface area contributed by atoms with Gasteiger partial charge in [-0.15, -0.1) is 0 Å². The number of carbonyl (C=O) groups excluding carboxylic acids is 1. The molecule has 4 aromatic rings. The van der Waals surface area contributed by atoms with Gasteiger partial charge in [0.1, 0.15) is 11.3 Å². The SMILES string of the molecule is C[C@@H]1CCN(c2cc(N3CCN(CC4=C(c5ccc(Cl)cc5)CC(C)(C)CC4)CC3)ccc2C(N)=O)c2cc3cc[nH]c3nc2O1. The van der Waals surface area contributed by atoms with Gasteiger partial charge in [-0.2, -0.15) is 4.98 Å². The number of ether oxygens (including phenoxy) is 1. The average Bonchev–Trinajstić information content (AvgIpc) is 3.43. The van der Waals surface area contributed by atoms with Gasteiger partial charge in [-0.3, -0.25) is 9.69 Å². The van der Waals surface area contributed by atoms with Crippen LogP contribution < -0.4 is 20.3 Å². The van der Waals surface area contributed by atoms with E-state index in [2.05, 4.69) is 64.7 Å². The molecule has 3 N–H and O–H groups in total. The molecule has 1 amide bonds. The fourth-order valence-corrected chi connectivity index (χ4v) is 7.34. The number of nitrogens with one attached hydrogen (secondary N) is 1. The molecule has 46 heavy (non-hydrogen) atoms. The third-order valence-electron chi connectivity index (χ3n) is 9.91. The Bertz CT molecular complexity index is 1790. The maximum atomic E-state index is 12.7. The maximum Gasteiger partial charge on any atom is 0.250 e. The lowest BCUT2D eigenvalue weighted by atomic mass is 9.72. The second kappa shape index (κ2) is 12.3. The first-order valence-corrected chi connectivity index (χ1v) is 16.8. The fraction of sp³-hybridized carbons (Fsp3) is 0.405. The van der Waals surface area contributed by atoms with Gasteiger partial charge in [0.05, 0.1) is 17.4 Å². The number of piperazine rings is 1. The number of nitrogens with two attached hydrogens (primary N) is 1. The van der Waals surface area contributed by atoms with E-state index in [1.807, 2.05) is 36.5 Å². The number of nitrogens with zero attached hydrogens (tertiary/aromatic N) is 4. The number of aromatic amines is 1. The summed E-state index contributed by atoms with van der Waals surface area (Å²) in [5.41, 5.74) is 14.6. The molecule has 0 saturated carbocycles. The molecule has 2 aromatic carbocycles. The van der Waals surface area contributed by atoms with Crippen LogP contribution in [0.4, 0.5) is 17.1 Å². The van der Waals surface area contributed by atoms with E-state index in [-0.39, 0.29) is 6.10 Å². The molecule has 0 radical (unpaired) electrons. The minimum atomic E-state index is -0.442. The van der Waals surface area contributed by atoms with Crippen LogP contribution in [0.25, 0.3) is 16.6 Å². The highest BCUT2D eigenvalue weighted by molar-refractivity contribution is 6.30. The monoisotopic (exact) mass is 638 g/mol. The van der Waals surface area contributed by atoms with Crippen molar-refractivity contribution in [1.29, 1.82) is 0 Å². The summed E-state index contributed by atoms with van der Waals surface area (Å²) in [6, 6.07) is 18.5. The number of allylic oxidation sites excluding steroid dienone is 1. The number of rotatable bonds is 6. The molecule has 8 nitrogen and oxygen atoms in total. The van der Waals surface area contributed by atoms with Crippen LogP contribution in [-0.2, 0) is 0 Å². The van der Waals surface area contributed by atoms with Crippen LogP contribution in [0.2, 0.25) is 5.02 Å². The van der Waals surface area contributed by atoms with Gasteiger partial charge < -0.3 is 25.3 Å². The summed E-state index contributed by atoms with van der Waals surface area (Å²) in [6.45, 7) is 12.3. The molecule has 1 saturated heterocycles. The average molecular weight is 639 g/mol. The maximum absolute atomic E-state index is 12.7. The molecular formula is C37H43ClN6O2. The number of hydrogen-bond donors (Lipinski definition) is 2. The first-order chi connectivity index (χ1) is 22.1. The minimum Gasteiger partial charge on any atom is -0.473 e. The predicted molar refractivity (Wildman–Crippen MR) is 187 cm³/mol. The molecule has 0 bridgehead atoms. The lowest BCUT2D eigenvalue weighted by Crippen LogP contribution is -2.47. The zero-order valence-electron chi connectivity index (χ0n) is 27.0. The van der Waals surface area contributed by atoms with Crippen LogP contribution >= 0.6 is 11.6 Å². The molecule has 240 valence electrons. The fourth-order valence-electron chi connectivity index (χ4n) is 7.21. The molecule has 3 aliphatic rings. The number of amides is 1. The van der Waals surface area contributed by atoms with Crippen molar-refractivity contribution >= 4 is 51.2 Å². The summed E-state index contributed by atoms with van der Waals surface area (Å²) in [7, 11) is 0. The Labute approximate surface area is 276 Å². The highest BCUT2D eigenvalue weighted by atomic mass is 35.5. The summed E-state index contributed by atoms with van der Waals surface area (Å²) in [6.07, 6.45) is 6.09. The summed E-state index contributed by atoms with van der Waals surface area (Å²) in [4.78, 5) is 27.9. The topological polar surface area (TPSA) is 90.7 Å². The molecule has 0 spiro atoms. The van der Waals surface area contributed by atoms with Crippen molar-refractivity contribution in [2.75, 3.05) is 49.1 Å². The van der Waals surface area contributed by atoms with Crippen molar-refractivity contribution in [1.82, 2.24) is 14.9 Å². The molecule has 1 atom stereocenters. The van der Waals surface area contributed by atoms with E-state index in [0.717, 1.165) is 85.1 Å².